The molecule has 5 nitrogen and oxygen atoms in total. The molecule has 84 valence electrons. The molecule has 0 aliphatic heterocycles. The molecule has 0 amide bonds. The summed E-state index contributed by atoms with van der Waals surface area (Å²) in [5, 5.41) is 1.62. The van der Waals surface area contributed by atoms with Gasteiger partial charge in [0, 0.05) is 5.39 Å². The minimum Gasteiger partial charge on any atom is -0.327 e. The average Bonchev–Trinajstić information content (AvgIpc) is 2.25. The molecule has 0 aliphatic rings. The SMILES string of the molecule is O=P(O)(O)OOc1cccc2ccccc12. The fourth-order valence-electron chi connectivity index (χ4n) is 1.36. The van der Waals surface area contributed by atoms with E-state index in [0.717, 1.165) is 10.8 Å². The van der Waals surface area contributed by atoms with Gasteiger partial charge in [0.25, 0.3) is 0 Å². The second-order valence-corrected chi connectivity index (χ2v) is 4.26. The number of benzene rings is 2. The van der Waals surface area contributed by atoms with Crippen molar-refractivity contribution in [3.05, 3.63) is 42.5 Å². The maximum absolute atomic E-state index is 10.5. The van der Waals surface area contributed by atoms with Gasteiger partial charge in [-0.05, 0) is 11.5 Å². The van der Waals surface area contributed by atoms with Gasteiger partial charge >= 0.3 is 7.82 Å². The van der Waals surface area contributed by atoms with Crippen LogP contribution in [0.1, 0.15) is 0 Å². The summed E-state index contributed by atoms with van der Waals surface area (Å²) >= 11 is 0. The predicted molar refractivity (Wildman–Crippen MR) is 57.7 cm³/mol. The van der Waals surface area contributed by atoms with Crippen molar-refractivity contribution in [2.75, 3.05) is 0 Å². The first kappa shape index (κ1) is 11.1. The summed E-state index contributed by atoms with van der Waals surface area (Å²) in [6.45, 7) is 0. The zero-order valence-corrected chi connectivity index (χ0v) is 9.00. The van der Waals surface area contributed by atoms with E-state index in [4.69, 9.17) is 9.79 Å². The summed E-state index contributed by atoms with van der Waals surface area (Å²) in [5.74, 6) is 0.265. The van der Waals surface area contributed by atoms with Crippen LogP contribution in [0.4, 0.5) is 0 Å². The molecule has 0 radical (unpaired) electrons. The van der Waals surface area contributed by atoms with Crippen molar-refractivity contribution in [1.82, 2.24) is 0 Å². The lowest BCUT2D eigenvalue weighted by Crippen LogP contribution is -1.95. The summed E-state index contributed by atoms with van der Waals surface area (Å²) in [6.07, 6.45) is 0. The lowest BCUT2D eigenvalue weighted by Gasteiger charge is -2.07. The zero-order chi connectivity index (χ0) is 11.6. The predicted octanol–water partition coefficient (Wildman–Crippen LogP) is 2.24. The van der Waals surface area contributed by atoms with Crippen LogP contribution in [0.25, 0.3) is 10.8 Å². The van der Waals surface area contributed by atoms with Crippen LogP contribution < -0.4 is 4.89 Å². The van der Waals surface area contributed by atoms with Gasteiger partial charge < -0.3 is 14.7 Å². The molecule has 0 heterocycles. The van der Waals surface area contributed by atoms with Crippen molar-refractivity contribution in [2.45, 2.75) is 0 Å². The maximum Gasteiger partial charge on any atom is 0.505 e. The van der Waals surface area contributed by atoms with Crippen molar-refractivity contribution in [2.24, 2.45) is 0 Å². The molecular weight excluding hydrogens is 231 g/mol. The van der Waals surface area contributed by atoms with Gasteiger partial charge in [0.2, 0.25) is 0 Å². The van der Waals surface area contributed by atoms with Crippen molar-refractivity contribution < 1.29 is 23.9 Å². The fraction of sp³-hybridized carbons (Fsp3) is 0. The molecule has 2 N–H and O–H groups in total. The minimum absolute atomic E-state index is 0.265. The highest BCUT2D eigenvalue weighted by atomic mass is 31.2. The molecule has 0 unspecified atom stereocenters. The Hall–Kier alpha value is -1.39. The lowest BCUT2D eigenvalue weighted by molar-refractivity contribution is -0.121. The first-order chi connectivity index (χ1) is 7.56. The second kappa shape index (κ2) is 4.23. The molecule has 0 aliphatic carbocycles. The Morgan fingerprint density at radius 2 is 1.69 bits per heavy atom. The van der Waals surface area contributed by atoms with Crippen LogP contribution in [0, 0.1) is 0 Å². The van der Waals surface area contributed by atoms with Crippen LogP contribution in [0.5, 0.6) is 5.75 Å². The molecule has 2 rings (SSSR count). The van der Waals surface area contributed by atoms with E-state index in [1.165, 1.54) is 0 Å². The molecule has 0 fully saturated rings. The van der Waals surface area contributed by atoms with Gasteiger partial charge in [0.05, 0.1) is 0 Å². The summed E-state index contributed by atoms with van der Waals surface area (Å²) in [5.41, 5.74) is 0. The lowest BCUT2D eigenvalue weighted by atomic mass is 10.1. The molecule has 0 aromatic heterocycles. The third-order valence-corrected chi connectivity index (χ3v) is 2.24. The molecular formula is C10H9O5P. The highest BCUT2D eigenvalue weighted by Gasteiger charge is 2.17. The molecule has 0 bridgehead atoms. The van der Waals surface area contributed by atoms with Gasteiger partial charge in [0.15, 0.2) is 5.75 Å². The fourth-order valence-corrected chi connectivity index (χ4v) is 1.53. The molecule has 16 heavy (non-hydrogen) atoms. The van der Waals surface area contributed by atoms with Crippen molar-refractivity contribution in [3.8, 4) is 5.75 Å². The van der Waals surface area contributed by atoms with Crippen LogP contribution >= 0.6 is 7.82 Å². The number of hydrogen-bond acceptors (Lipinski definition) is 3. The summed E-state index contributed by atoms with van der Waals surface area (Å²) in [6, 6.07) is 12.4. The highest BCUT2D eigenvalue weighted by Crippen LogP contribution is 2.37. The maximum atomic E-state index is 10.5. The van der Waals surface area contributed by atoms with Crippen LogP contribution in [0.3, 0.4) is 0 Å². The average molecular weight is 240 g/mol. The third-order valence-electron chi connectivity index (χ3n) is 1.97. The van der Waals surface area contributed by atoms with E-state index in [9.17, 15) is 4.57 Å². The Bertz CT molecular complexity index is 542. The second-order valence-electron chi connectivity index (χ2n) is 3.13. The van der Waals surface area contributed by atoms with Crippen LogP contribution in [0.2, 0.25) is 0 Å². The normalized spacial score (nSPS) is 11.6. The Morgan fingerprint density at radius 3 is 2.44 bits per heavy atom. The third kappa shape index (κ3) is 2.59. The largest absolute Gasteiger partial charge is 0.505 e. The monoisotopic (exact) mass is 240 g/mol. The van der Waals surface area contributed by atoms with E-state index >= 15 is 0 Å². The van der Waals surface area contributed by atoms with Gasteiger partial charge in [-0.25, -0.2) is 4.57 Å². The molecule has 0 atom stereocenters. The van der Waals surface area contributed by atoms with Crippen molar-refractivity contribution in [1.29, 1.82) is 0 Å². The van der Waals surface area contributed by atoms with Gasteiger partial charge in [0.1, 0.15) is 0 Å². The molecule has 2 aromatic carbocycles. The Labute approximate surface area is 91.4 Å². The van der Waals surface area contributed by atoms with Crippen LogP contribution in [-0.4, -0.2) is 9.79 Å². The van der Waals surface area contributed by atoms with Crippen molar-refractivity contribution in [3.63, 3.8) is 0 Å². The van der Waals surface area contributed by atoms with E-state index in [1.807, 2.05) is 18.2 Å². The Kier molecular flexibility index (Phi) is 2.94. The summed E-state index contributed by atoms with van der Waals surface area (Å²) in [7, 11) is -4.63. The number of fused-ring (bicyclic) bond motifs is 1. The highest BCUT2D eigenvalue weighted by molar-refractivity contribution is 7.46. The first-order valence-corrected chi connectivity index (χ1v) is 5.99. The van der Waals surface area contributed by atoms with Crippen LogP contribution in [0.15, 0.2) is 42.5 Å². The van der Waals surface area contributed by atoms with Gasteiger partial charge in [-0.3, -0.25) is 0 Å². The number of rotatable bonds is 3. The topological polar surface area (TPSA) is 76.0 Å². The van der Waals surface area contributed by atoms with Crippen molar-refractivity contribution >= 4 is 18.6 Å². The number of hydrogen-bond donors (Lipinski definition) is 2. The smallest absolute Gasteiger partial charge is 0.327 e. The Morgan fingerprint density at radius 1 is 1.00 bits per heavy atom. The molecule has 0 spiro atoms. The standard InChI is InChI=1S/C10H9O5P/c11-16(12,13)15-14-10-7-3-5-8-4-1-2-6-9(8)10/h1-7H,(H2,11,12,13). The Balaban J connectivity index is 2.34. The minimum atomic E-state index is -4.63. The van der Waals surface area contributed by atoms with Gasteiger partial charge in [-0.15, -0.1) is 0 Å². The van der Waals surface area contributed by atoms with Crippen LogP contribution in [-0.2, 0) is 9.24 Å². The van der Waals surface area contributed by atoms with E-state index in [2.05, 4.69) is 9.56 Å². The van der Waals surface area contributed by atoms with E-state index in [1.54, 1.807) is 24.3 Å². The first-order valence-electron chi connectivity index (χ1n) is 4.46. The molecule has 0 saturated heterocycles. The molecule has 2 aromatic rings. The molecule has 6 heteroatoms. The number of phosphoric acid groups is 1. The molecule has 0 saturated carbocycles. The summed E-state index contributed by atoms with van der Waals surface area (Å²) < 4.78 is 14.5. The summed E-state index contributed by atoms with van der Waals surface area (Å²) in [4.78, 5) is 21.7. The van der Waals surface area contributed by atoms with E-state index in [-0.39, 0.29) is 5.75 Å². The quantitative estimate of drug-likeness (QED) is 0.488. The van der Waals surface area contributed by atoms with E-state index in [0.29, 0.717) is 0 Å². The van der Waals surface area contributed by atoms with Gasteiger partial charge in [-0.1, -0.05) is 41.1 Å². The zero-order valence-electron chi connectivity index (χ0n) is 8.11. The van der Waals surface area contributed by atoms with E-state index < -0.39 is 7.82 Å². The van der Waals surface area contributed by atoms with Gasteiger partial charge in [-0.2, -0.15) is 0 Å².